The molecule has 0 spiro atoms. The van der Waals surface area contributed by atoms with Gasteiger partial charge in [0, 0.05) is 0 Å². The Morgan fingerprint density at radius 2 is 1.11 bits per heavy atom. The molecule has 0 aromatic rings. The molecule has 0 bridgehead atoms. The van der Waals surface area contributed by atoms with Crippen LogP contribution >= 0.6 is 0 Å². The summed E-state index contributed by atoms with van der Waals surface area (Å²) < 4.78 is 0. The average molecular weight is 343 g/mol. The van der Waals surface area contributed by atoms with Gasteiger partial charge in [-0.25, -0.2) is 11.1 Å². The molecule has 0 saturated heterocycles. The van der Waals surface area contributed by atoms with E-state index >= 15 is 0 Å². The number of hydrogen-bond acceptors (Lipinski definition) is 0. The monoisotopic (exact) mass is 344 g/mol. The molecular weight excluding hydrogens is 317 g/mol. The van der Waals surface area contributed by atoms with Crippen LogP contribution in [0.3, 0.4) is 0 Å². The Morgan fingerprint density at radius 3 is 1.32 bits per heavy atom. The van der Waals surface area contributed by atoms with Crippen LogP contribution in [0.2, 0.25) is 0 Å². The van der Waals surface area contributed by atoms with Gasteiger partial charge in [-0.15, -0.1) is 12.8 Å². The van der Waals surface area contributed by atoms with Gasteiger partial charge in [-0.05, 0) is 0 Å². The fourth-order valence-corrected chi connectivity index (χ4v) is 2.49. The summed E-state index contributed by atoms with van der Waals surface area (Å²) in [5.74, 6) is 0. The van der Waals surface area contributed by atoms with Crippen molar-refractivity contribution in [2.45, 2.75) is 66.2 Å². The molecule has 0 aromatic heterocycles. The zero-order chi connectivity index (χ0) is 13.4. The van der Waals surface area contributed by atoms with Crippen LogP contribution in [-0.2, 0) is 19.5 Å². The van der Waals surface area contributed by atoms with Crippen molar-refractivity contribution in [3.63, 3.8) is 0 Å². The molecule has 106 valence electrons. The van der Waals surface area contributed by atoms with Gasteiger partial charge in [-0.3, -0.25) is 12.2 Å². The van der Waals surface area contributed by atoms with Crippen LogP contribution in [0, 0.1) is 12.2 Å². The van der Waals surface area contributed by atoms with E-state index in [0.717, 1.165) is 25.7 Å². The van der Waals surface area contributed by atoms with Gasteiger partial charge in [0.1, 0.15) is 0 Å². The summed E-state index contributed by atoms with van der Waals surface area (Å²) in [5, 5.41) is 0. The van der Waals surface area contributed by atoms with Gasteiger partial charge in [0.15, 0.2) is 0 Å². The van der Waals surface area contributed by atoms with Crippen LogP contribution < -0.4 is 0 Å². The van der Waals surface area contributed by atoms with Crippen molar-refractivity contribution < 1.29 is 19.5 Å². The maximum Gasteiger partial charge on any atom is 2.00 e. The van der Waals surface area contributed by atoms with E-state index in [2.05, 4.69) is 52.0 Å². The van der Waals surface area contributed by atoms with Gasteiger partial charge in [-0.2, -0.15) is 23.3 Å². The summed E-state index contributed by atoms with van der Waals surface area (Å²) >= 11 is 0. The largest absolute Gasteiger partial charge is 2.00 e. The third-order valence-corrected chi connectivity index (χ3v) is 3.57. The second-order valence-electron chi connectivity index (χ2n) is 4.59. The van der Waals surface area contributed by atoms with Crippen molar-refractivity contribution in [3.05, 3.63) is 46.6 Å². The summed E-state index contributed by atoms with van der Waals surface area (Å²) in [6.45, 7) is 8.79. The molecule has 0 aliphatic heterocycles. The minimum Gasteiger partial charge on any atom is -0.269 e. The quantitative estimate of drug-likeness (QED) is 0.452. The molecule has 0 heterocycles. The second-order valence-corrected chi connectivity index (χ2v) is 4.59. The van der Waals surface area contributed by atoms with E-state index in [1.165, 1.54) is 35.1 Å². The van der Waals surface area contributed by atoms with Gasteiger partial charge in [0.05, 0.1) is 0 Å². The molecule has 0 unspecified atom stereocenters. The number of rotatable bonds is 4. The molecule has 2 aliphatic carbocycles. The van der Waals surface area contributed by atoms with Gasteiger partial charge in [0.25, 0.3) is 0 Å². The van der Waals surface area contributed by atoms with Crippen molar-refractivity contribution in [3.8, 4) is 0 Å². The van der Waals surface area contributed by atoms with Crippen molar-refractivity contribution in [1.82, 2.24) is 0 Å². The van der Waals surface area contributed by atoms with Crippen molar-refractivity contribution in [2.24, 2.45) is 0 Å². The normalized spacial score (nSPS) is 16.6. The first-order valence-corrected chi connectivity index (χ1v) is 7.34. The molecular formula is C18H26Ru. The first-order chi connectivity index (χ1) is 8.76. The molecule has 0 N–H and O–H groups in total. The Kier molecular flexibility index (Phi) is 10.2. The van der Waals surface area contributed by atoms with Crippen LogP contribution in [0.1, 0.15) is 66.2 Å². The molecule has 2 rings (SSSR count). The second kappa shape index (κ2) is 10.4. The van der Waals surface area contributed by atoms with E-state index in [0.29, 0.717) is 0 Å². The zero-order valence-electron chi connectivity index (χ0n) is 12.8. The van der Waals surface area contributed by atoms with Crippen molar-refractivity contribution in [1.29, 1.82) is 0 Å². The Morgan fingerprint density at radius 1 is 0.737 bits per heavy atom. The topological polar surface area (TPSA) is 0 Å². The van der Waals surface area contributed by atoms with E-state index in [4.69, 9.17) is 0 Å². The van der Waals surface area contributed by atoms with Gasteiger partial charge >= 0.3 is 19.5 Å². The summed E-state index contributed by atoms with van der Waals surface area (Å²) in [5.41, 5.74) is 5.91. The third kappa shape index (κ3) is 5.61. The van der Waals surface area contributed by atoms with E-state index in [9.17, 15) is 0 Å². The van der Waals surface area contributed by atoms with Crippen LogP contribution in [0.4, 0.5) is 0 Å². The van der Waals surface area contributed by atoms with E-state index in [1.807, 2.05) is 0 Å². The molecule has 0 atom stereocenters. The first-order valence-electron chi connectivity index (χ1n) is 7.34. The first kappa shape index (κ1) is 18.6. The SMILES string of the molecule is CCC1=[C-]CC=C1CC.CCC1=[C-]CC=C1CC.[Ru+2]. The standard InChI is InChI=1S/2C9H13.Ru/c2*1-3-8-6-5-7-9(8)4-2;/h2*6H,3-5H2,1-2H3;/q2*-1;+2. The Hall–Kier alpha value is -0.417. The molecule has 0 saturated carbocycles. The van der Waals surface area contributed by atoms with Crippen molar-refractivity contribution in [2.75, 3.05) is 0 Å². The molecule has 19 heavy (non-hydrogen) atoms. The molecule has 0 amide bonds. The van der Waals surface area contributed by atoms with Gasteiger partial charge in [0.2, 0.25) is 0 Å². The van der Waals surface area contributed by atoms with E-state index in [-0.39, 0.29) is 19.5 Å². The third-order valence-electron chi connectivity index (χ3n) is 3.57. The van der Waals surface area contributed by atoms with Gasteiger partial charge in [-0.1, -0.05) is 53.4 Å². The zero-order valence-corrected chi connectivity index (χ0v) is 14.5. The molecule has 1 heteroatoms. The fourth-order valence-electron chi connectivity index (χ4n) is 2.49. The maximum atomic E-state index is 3.33. The minimum atomic E-state index is 0. The summed E-state index contributed by atoms with van der Waals surface area (Å²) in [6.07, 6.45) is 18.0. The Balaban J connectivity index is 0.000000324. The summed E-state index contributed by atoms with van der Waals surface area (Å²) in [7, 11) is 0. The predicted molar refractivity (Wildman–Crippen MR) is 80.1 cm³/mol. The molecule has 0 fully saturated rings. The fraction of sp³-hybridized carbons (Fsp3) is 0.556. The van der Waals surface area contributed by atoms with Crippen LogP contribution in [0.15, 0.2) is 34.4 Å². The average Bonchev–Trinajstić information content (AvgIpc) is 3.06. The number of hydrogen-bond donors (Lipinski definition) is 0. The van der Waals surface area contributed by atoms with Crippen molar-refractivity contribution >= 4 is 0 Å². The summed E-state index contributed by atoms with van der Waals surface area (Å²) in [4.78, 5) is 0. The molecule has 2 aliphatic rings. The number of allylic oxidation sites excluding steroid dienone is 8. The van der Waals surface area contributed by atoms with E-state index < -0.39 is 0 Å². The molecule has 0 nitrogen and oxygen atoms in total. The molecule has 0 aromatic carbocycles. The Bertz CT molecular complexity index is 306. The van der Waals surface area contributed by atoms with Crippen LogP contribution in [-0.4, -0.2) is 0 Å². The van der Waals surface area contributed by atoms with Gasteiger partial charge < -0.3 is 0 Å². The summed E-state index contributed by atoms with van der Waals surface area (Å²) in [6, 6.07) is 0. The van der Waals surface area contributed by atoms with Crippen LogP contribution in [0.25, 0.3) is 0 Å². The molecule has 0 radical (unpaired) electrons. The predicted octanol–water partition coefficient (Wildman–Crippen LogP) is 5.73. The van der Waals surface area contributed by atoms with Crippen LogP contribution in [0.5, 0.6) is 0 Å². The Labute approximate surface area is 132 Å². The smallest absolute Gasteiger partial charge is 0.269 e. The van der Waals surface area contributed by atoms with E-state index in [1.54, 1.807) is 0 Å². The minimum absolute atomic E-state index is 0. The maximum absolute atomic E-state index is 3.33.